The molecule has 0 atom stereocenters. The Bertz CT molecular complexity index is 1360. The number of aryl methyl sites for hydroxylation is 1. The second-order valence-electron chi connectivity index (χ2n) is 7.41. The second-order valence-corrected chi connectivity index (χ2v) is 7.41. The number of nitro groups is 1. The van der Waals surface area contributed by atoms with Crippen LogP contribution < -0.4 is 17.1 Å². The number of pyridine rings is 1. The van der Waals surface area contributed by atoms with Gasteiger partial charge in [-0.05, 0) is 41.8 Å². The van der Waals surface area contributed by atoms with Gasteiger partial charge in [0.25, 0.3) is 5.69 Å². The van der Waals surface area contributed by atoms with Gasteiger partial charge in [-0.2, -0.15) is 0 Å². The Kier molecular flexibility index (Phi) is 6.94. The van der Waals surface area contributed by atoms with Gasteiger partial charge < -0.3 is 22.3 Å². The van der Waals surface area contributed by atoms with Crippen molar-refractivity contribution in [2.24, 2.45) is 0 Å². The Labute approximate surface area is 196 Å². The number of methoxy groups -OCH3 is 1. The molecule has 0 aliphatic carbocycles. The summed E-state index contributed by atoms with van der Waals surface area (Å²) in [6, 6.07) is 19.3. The lowest BCUT2D eigenvalue weighted by Crippen LogP contribution is -3.00. The number of non-ortho nitro benzene ring substituents is 1. The molecular weight excluding hydrogens is 444 g/mol. The molecule has 0 radical (unpaired) electrons. The lowest BCUT2D eigenvalue weighted by molar-refractivity contribution is -0.384. The van der Waals surface area contributed by atoms with Gasteiger partial charge >= 0.3 is 5.97 Å². The summed E-state index contributed by atoms with van der Waals surface area (Å²) in [7, 11) is 1.55. The van der Waals surface area contributed by atoms with Gasteiger partial charge in [0, 0.05) is 23.1 Å². The molecular formula is C25H20ClN2O5-. The van der Waals surface area contributed by atoms with Crippen LogP contribution in [-0.4, -0.2) is 28.1 Å². The number of hydrogen-bond acceptors (Lipinski definition) is 5. The van der Waals surface area contributed by atoms with Crippen LogP contribution in [0.4, 0.5) is 5.69 Å². The highest BCUT2D eigenvalue weighted by atomic mass is 35.5. The van der Waals surface area contributed by atoms with E-state index in [1.165, 1.54) is 12.1 Å². The van der Waals surface area contributed by atoms with E-state index in [4.69, 9.17) is 9.72 Å². The molecule has 0 saturated heterocycles. The molecule has 0 amide bonds. The lowest BCUT2D eigenvalue weighted by atomic mass is 9.89. The number of carboxylic acids is 1. The SMILES string of the molecule is COc1ccc(C)cc1-c1nc2ccc([N+](=O)[O-])cc2c(-c2ccccc2)c1CC(=O)O.[Cl-]. The highest BCUT2D eigenvalue weighted by molar-refractivity contribution is 6.02. The fourth-order valence-electron chi connectivity index (χ4n) is 3.89. The smallest absolute Gasteiger partial charge is 0.307 e. The molecule has 0 aliphatic rings. The average molecular weight is 464 g/mol. The molecule has 0 unspecified atom stereocenters. The highest BCUT2D eigenvalue weighted by Crippen LogP contribution is 2.41. The minimum atomic E-state index is -1.03. The first kappa shape index (κ1) is 23.7. The van der Waals surface area contributed by atoms with E-state index in [2.05, 4.69) is 0 Å². The molecule has 1 heterocycles. The number of hydrogen-bond donors (Lipinski definition) is 1. The summed E-state index contributed by atoms with van der Waals surface area (Å²) < 4.78 is 5.55. The number of carboxylic acid groups (broad SMARTS) is 1. The summed E-state index contributed by atoms with van der Waals surface area (Å²) in [6.07, 6.45) is -0.303. The topological polar surface area (TPSA) is 103 Å². The molecule has 0 aliphatic heterocycles. The zero-order valence-corrected chi connectivity index (χ0v) is 18.7. The van der Waals surface area contributed by atoms with Crippen molar-refractivity contribution in [2.45, 2.75) is 13.3 Å². The van der Waals surface area contributed by atoms with Crippen molar-refractivity contribution < 1.29 is 32.0 Å². The van der Waals surface area contributed by atoms with E-state index in [9.17, 15) is 20.0 Å². The summed E-state index contributed by atoms with van der Waals surface area (Å²) in [5.41, 5.74) is 4.40. The summed E-state index contributed by atoms with van der Waals surface area (Å²) in [5, 5.41) is 21.7. The standard InChI is InChI=1S/C25H20N2O5.ClH/c1-15-8-11-22(32-2)19(12-15)25-20(14-23(28)29)24(16-6-4-3-5-7-16)18-13-17(27(30)31)9-10-21(18)26-25;/h3-13H,14H2,1-2H3,(H,28,29);1H/p-1. The monoisotopic (exact) mass is 463 g/mol. The Morgan fingerprint density at radius 1 is 1.09 bits per heavy atom. The number of halogens is 1. The Morgan fingerprint density at radius 3 is 2.45 bits per heavy atom. The van der Waals surface area contributed by atoms with Crippen LogP contribution >= 0.6 is 0 Å². The molecule has 0 saturated carbocycles. The van der Waals surface area contributed by atoms with E-state index < -0.39 is 10.9 Å². The molecule has 0 fully saturated rings. The summed E-state index contributed by atoms with van der Waals surface area (Å²) >= 11 is 0. The fraction of sp³-hybridized carbons (Fsp3) is 0.120. The number of aliphatic carboxylic acids is 1. The average Bonchev–Trinajstić information content (AvgIpc) is 2.78. The minimum Gasteiger partial charge on any atom is -1.00 e. The van der Waals surface area contributed by atoms with Crippen molar-refractivity contribution in [1.29, 1.82) is 0 Å². The lowest BCUT2D eigenvalue weighted by Gasteiger charge is -2.18. The van der Waals surface area contributed by atoms with E-state index in [-0.39, 0.29) is 24.5 Å². The Morgan fingerprint density at radius 2 is 1.82 bits per heavy atom. The first-order valence-corrected chi connectivity index (χ1v) is 9.92. The molecule has 4 rings (SSSR count). The van der Waals surface area contributed by atoms with E-state index in [1.54, 1.807) is 13.2 Å². The van der Waals surface area contributed by atoms with Crippen LogP contribution in [0.15, 0.2) is 66.7 Å². The molecule has 8 heteroatoms. The third-order valence-corrected chi connectivity index (χ3v) is 5.28. The summed E-state index contributed by atoms with van der Waals surface area (Å²) in [5.74, 6) is -0.461. The van der Waals surface area contributed by atoms with Crippen molar-refractivity contribution in [1.82, 2.24) is 4.98 Å². The highest BCUT2D eigenvalue weighted by Gasteiger charge is 2.23. The summed E-state index contributed by atoms with van der Waals surface area (Å²) in [6.45, 7) is 1.93. The number of carbonyl (C=O) groups is 1. The van der Waals surface area contributed by atoms with E-state index in [1.807, 2.05) is 55.5 Å². The first-order chi connectivity index (χ1) is 15.4. The number of rotatable bonds is 6. The van der Waals surface area contributed by atoms with Crippen molar-refractivity contribution in [3.8, 4) is 28.1 Å². The molecule has 0 bridgehead atoms. The Balaban J connectivity index is 0.00000306. The van der Waals surface area contributed by atoms with Gasteiger partial charge in [-0.15, -0.1) is 0 Å². The van der Waals surface area contributed by atoms with Crippen LogP contribution in [0.1, 0.15) is 11.1 Å². The molecule has 0 spiro atoms. The van der Waals surface area contributed by atoms with Crippen LogP contribution in [0.5, 0.6) is 5.75 Å². The largest absolute Gasteiger partial charge is 1.00 e. The number of benzene rings is 3. The number of nitrogens with zero attached hydrogens (tertiary/aromatic N) is 2. The number of fused-ring (bicyclic) bond motifs is 1. The Hall–Kier alpha value is -3.97. The van der Waals surface area contributed by atoms with Gasteiger partial charge in [-0.1, -0.05) is 42.0 Å². The van der Waals surface area contributed by atoms with Gasteiger partial charge in [-0.3, -0.25) is 14.9 Å². The molecule has 7 nitrogen and oxygen atoms in total. The maximum absolute atomic E-state index is 11.9. The molecule has 4 aromatic rings. The minimum absolute atomic E-state index is 0. The molecule has 1 N–H and O–H groups in total. The zero-order chi connectivity index (χ0) is 22.8. The van der Waals surface area contributed by atoms with Gasteiger partial charge in [0.05, 0.1) is 29.7 Å². The second kappa shape index (κ2) is 9.67. The van der Waals surface area contributed by atoms with Crippen LogP contribution in [0.3, 0.4) is 0 Å². The fourth-order valence-corrected chi connectivity index (χ4v) is 3.89. The predicted molar refractivity (Wildman–Crippen MR) is 122 cm³/mol. The third-order valence-electron chi connectivity index (χ3n) is 5.28. The van der Waals surface area contributed by atoms with Crippen molar-refractivity contribution in [2.75, 3.05) is 7.11 Å². The maximum atomic E-state index is 11.9. The third kappa shape index (κ3) is 4.63. The molecule has 33 heavy (non-hydrogen) atoms. The van der Waals surface area contributed by atoms with E-state index in [0.717, 1.165) is 11.1 Å². The van der Waals surface area contributed by atoms with Crippen LogP contribution in [-0.2, 0) is 11.2 Å². The normalized spacial score (nSPS) is 10.5. The van der Waals surface area contributed by atoms with Crippen LogP contribution in [0.25, 0.3) is 33.3 Å². The number of aromatic nitrogens is 1. The predicted octanol–water partition coefficient (Wildman–Crippen LogP) is 2.43. The van der Waals surface area contributed by atoms with Gasteiger partial charge in [-0.25, -0.2) is 4.98 Å². The maximum Gasteiger partial charge on any atom is 0.307 e. The van der Waals surface area contributed by atoms with Gasteiger partial charge in [0.2, 0.25) is 0 Å². The number of nitro benzene ring substituents is 1. The number of ether oxygens (including phenoxy) is 1. The first-order valence-electron chi connectivity index (χ1n) is 9.92. The molecule has 1 aromatic heterocycles. The van der Waals surface area contributed by atoms with Crippen molar-refractivity contribution in [3.05, 3.63) is 88.0 Å². The van der Waals surface area contributed by atoms with E-state index >= 15 is 0 Å². The quantitative estimate of drug-likeness (QED) is 0.348. The van der Waals surface area contributed by atoms with Crippen LogP contribution in [0, 0.1) is 17.0 Å². The van der Waals surface area contributed by atoms with E-state index in [0.29, 0.717) is 39.0 Å². The van der Waals surface area contributed by atoms with Gasteiger partial charge in [0.15, 0.2) is 0 Å². The summed E-state index contributed by atoms with van der Waals surface area (Å²) in [4.78, 5) is 27.6. The van der Waals surface area contributed by atoms with Gasteiger partial charge in [0.1, 0.15) is 5.75 Å². The van der Waals surface area contributed by atoms with Crippen LogP contribution in [0.2, 0.25) is 0 Å². The van der Waals surface area contributed by atoms with Crippen molar-refractivity contribution >= 4 is 22.6 Å². The molecule has 3 aromatic carbocycles. The molecule has 168 valence electrons. The zero-order valence-electron chi connectivity index (χ0n) is 17.9. The van der Waals surface area contributed by atoms with Crippen molar-refractivity contribution in [3.63, 3.8) is 0 Å².